The Morgan fingerprint density at radius 3 is 2.76 bits per heavy atom. The molecule has 5 heteroatoms. The number of nitrogens with zero attached hydrogens (tertiary/aromatic N) is 1. The van der Waals surface area contributed by atoms with Crippen molar-refractivity contribution in [3.05, 3.63) is 23.7 Å². The van der Waals surface area contributed by atoms with E-state index in [9.17, 15) is 0 Å². The van der Waals surface area contributed by atoms with Gasteiger partial charge in [-0.25, -0.2) is 10.4 Å². The van der Waals surface area contributed by atoms with Crippen molar-refractivity contribution in [3.63, 3.8) is 0 Å². The summed E-state index contributed by atoms with van der Waals surface area (Å²) in [6.45, 7) is 5.91. The average Bonchev–Trinajstić information content (AvgIpc) is 2.86. The van der Waals surface area contributed by atoms with Crippen molar-refractivity contribution in [2.45, 2.75) is 19.4 Å². The Balaban J connectivity index is 1.95. The van der Waals surface area contributed by atoms with E-state index in [2.05, 4.69) is 17.4 Å². The van der Waals surface area contributed by atoms with Crippen molar-refractivity contribution in [2.75, 3.05) is 32.8 Å². The molecule has 0 bridgehead atoms. The number of furan rings is 1. The van der Waals surface area contributed by atoms with Gasteiger partial charge in [-0.2, -0.15) is 0 Å². The second-order valence-corrected chi connectivity index (χ2v) is 4.17. The molecule has 5 nitrogen and oxygen atoms in total. The summed E-state index contributed by atoms with van der Waals surface area (Å²) in [4.78, 5) is 0. The van der Waals surface area contributed by atoms with Gasteiger partial charge in [-0.3, -0.25) is 0 Å². The summed E-state index contributed by atoms with van der Waals surface area (Å²) < 4.78 is 11.0. The topological polar surface area (TPSA) is 63.7 Å². The van der Waals surface area contributed by atoms with Gasteiger partial charge in [0.05, 0.1) is 19.3 Å². The lowest BCUT2D eigenvalue weighted by atomic mass is 10.2. The molecule has 96 valence electrons. The quantitative estimate of drug-likeness (QED) is 0.791. The van der Waals surface area contributed by atoms with Crippen LogP contribution >= 0.6 is 0 Å². The zero-order valence-electron chi connectivity index (χ0n) is 10.3. The van der Waals surface area contributed by atoms with Gasteiger partial charge in [-0.1, -0.05) is 6.92 Å². The molecule has 3 N–H and O–H groups in total. The Morgan fingerprint density at radius 1 is 1.41 bits per heavy atom. The van der Waals surface area contributed by atoms with E-state index < -0.39 is 0 Å². The van der Waals surface area contributed by atoms with Crippen molar-refractivity contribution in [2.24, 2.45) is 5.73 Å². The summed E-state index contributed by atoms with van der Waals surface area (Å²) >= 11 is 0. The van der Waals surface area contributed by atoms with E-state index in [0.717, 1.165) is 44.2 Å². The first-order chi connectivity index (χ1) is 8.33. The third-order valence-corrected chi connectivity index (χ3v) is 2.96. The van der Waals surface area contributed by atoms with Crippen LogP contribution in [0, 0.1) is 0 Å². The van der Waals surface area contributed by atoms with E-state index >= 15 is 0 Å². The van der Waals surface area contributed by atoms with Gasteiger partial charge in [0.25, 0.3) is 0 Å². The minimum atomic E-state index is 0.0494. The Bertz CT molecular complexity index is 334. The highest BCUT2D eigenvalue weighted by Gasteiger charge is 2.18. The molecule has 1 aromatic rings. The minimum Gasteiger partial charge on any atom is -0.464 e. The number of morpholine rings is 1. The lowest BCUT2D eigenvalue weighted by Crippen LogP contribution is -2.48. The number of rotatable bonds is 5. The van der Waals surface area contributed by atoms with Crippen LogP contribution in [-0.2, 0) is 11.2 Å². The summed E-state index contributed by atoms with van der Waals surface area (Å²) in [5.41, 5.74) is 9.19. The first-order valence-electron chi connectivity index (χ1n) is 6.21. The third-order valence-electron chi connectivity index (χ3n) is 2.96. The monoisotopic (exact) mass is 239 g/mol. The molecular formula is C12H21N3O2. The molecule has 0 radical (unpaired) electrons. The predicted molar refractivity (Wildman–Crippen MR) is 65.4 cm³/mol. The number of nitrogens with two attached hydrogens (primary N) is 1. The molecule has 1 fully saturated rings. The molecule has 17 heavy (non-hydrogen) atoms. The summed E-state index contributed by atoms with van der Waals surface area (Å²) in [6, 6.07) is 4.07. The molecule has 2 rings (SSSR count). The number of aryl methyl sites for hydroxylation is 1. The molecule has 1 atom stereocenters. The fourth-order valence-corrected chi connectivity index (χ4v) is 1.92. The molecule has 0 spiro atoms. The highest BCUT2D eigenvalue weighted by Crippen LogP contribution is 2.17. The van der Waals surface area contributed by atoms with E-state index in [-0.39, 0.29) is 6.04 Å². The van der Waals surface area contributed by atoms with Crippen LogP contribution in [0.15, 0.2) is 16.5 Å². The zero-order chi connectivity index (χ0) is 12.1. The Morgan fingerprint density at radius 2 is 2.18 bits per heavy atom. The molecule has 1 unspecified atom stereocenters. The number of hydrogen-bond acceptors (Lipinski definition) is 5. The highest BCUT2D eigenvalue weighted by molar-refractivity contribution is 5.11. The van der Waals surface area contributed by atoms with Crippen LogP contribution in [0.4, 0.5) is 0 Å². The van der Waals surface area contributed by atoms with Gasteiger partial charge >= 0.3 is 0 Å². The normalized spacial score (nSPS) is 19.4. The van der Waals surface area contributed by atoms with Gasteiger partial charge in [0.1, 0.15) is 11.5 Å². The van der Waals surface area contributed by atoms with Gasteiger partial charge in [0.15, 0.2) is 0 Å². The fourth-order valence-electron chi connectivity index (χ4n) is 1.92. The van der Waals surface area contributed by atoms with Crippen molar-refractivity contribution in [1.82, 2.24) is 10.4 Å². The zero-order valence-corrected chi connectivity index (χ0v) is 10.3. The van der Waals surface area contributed by atoms with Crippen LogP contribution < -0.4 is 11.2 Å². The van der Waals surface area contributed by atoms with Gasteiger partial charge < -0.3 is 14.9 Å². The van der Waals surface area contributed by atoms with Crippen LogP contribution in [0.3, 0.4) is 0 Å². The lowest BCUT2D eigenvalue weighted by Gasteiger charge is -2.30. The molecular weight excluding hydrogens is 218 g/mol. The number of ether oxygens (including phenoxy) is 1. The molecule has 0 aromatic carbocycles. The molecule has 1 aromatic heterocycles. The molecule has 2 heterocycles. The maximum Gasteiger partial charge on any atom is 0.123 e. The Hall–Kier alpha value is -0.880. The standard InChI is InChI=1S/C12H21N3O2/c1-2-10-3-4-12(17-10)11(9-13)14-15-5-7-16-8-6-15/h3-4,11,14H,2,5-9,13H2,1H3. The first kappa shape index (κ1) is 12.6. The number of hydrazine groups is 1. The Kier molecular flexibility index (Phi) is 4.56. The first-order valence-corrected chi connectivity index (χ1v) is 6.21. The van der Waals surface area contributed by atoms with Gasteiger partial charge in [-0.05, 0) is 12.1 Å². The van der Waals surface area contributed by atoms with Crippen molar-refractivity contribution < 1.29 is 9.15 Å². The van der Waals surface area contributed by atoms with E-state index in [4.69, 9.17) is 14.9 Å². The molecule has 0 amide bonds. The van der Waals surface area contributed by atoms with Crippen LogP contribution in [-0.4, -0.2) is 37.9 Å². The maximum atomic E-state index is 5.79. The van der Waals surface area contributed by atoms with Crippen molar-refractivity contribution in [1.29, 1.82) is 0 Å². The SMILES string of the molecule is CCc1ccc(C(CN)NN2CCOCC2)o1. The van der Waals surface area contributed by atoms with Gasteiger partial charge in [0, 0.05) is 26.1 Å². The highest BCUT2D eigenvalue weighted by atomic mass is 16.5. The van der Waals surface area contributed by atoms with E-state index in [0.29, 0.717) is 6.54 Å². The summed E-state index contributed by atoms with van der Waals surface area (Å²) in [7, 11) is 0. The number of hydrogen-bond donors (Lipinski definition) is 2. The molecule has 0 aliphatic carbocycles. The van der Waals surface area contributed by atoms with Gasteiger partial charge in [0.2, 0.25) is 0 Å². The summed E-state index contributed by atoms with van der Waals surface area (Å²) in [5.74, 6) is 1.91. The van der Waals surface area contributed by atoms with Crippen LogP contribution in [0.1, 0.15) is 24.5 Å². The lowest BCUT2D eigenvalue weighted by molar-refractivity contribution is 0.00225. The van der Waals surface area contributed by atoms with E-state index in [1.165, 1.54) is 0 Å². The second-order valence-electron chi connectivity index (χ2n) is 4.17. The maximum absolute atomic E-state index is 5.79. The molecule has 1 saturated heterocycles. The minimum absolute atomic E-state index is 0.0494. The van der Waals surface area contributed by atoms with Crippen molar-refractivity contribution >= 4 is 0 Å². The predicted octanol–water partition coefficient (Wildman–Crippen LogP) is 0.679. The van der Waals surface area contributed by atoms with E-state index in [1.807, 2.05) is 12.1 Å². The average molecular weight is 239 g/mol. The summed E-state index contributed by atoms with van der Waals surface area (Å²) in [6.07, 6.45) is 0.912. The van der Waals surface area contributed by atoms with Crippen LogP contribution in [0.2, 0.25) is 0 Å². The number of nitrogens with one attached hydrogen (secondary N) is 1. The molecule has 1 aliphatic heterocycles. The van der Waals surface area contributed by atoms with Gasteiger partial charge in [-0.15, -0.1) is 0 Å². The van der Waals surface area contributed by atoms with Crippen molar-refractivity contribution in [3.8, 4) is 0 Å². The van der Waals surface area contributed by atoms with Crippen LogP contribution in [0.5, 0.6) is 0 Å². The Labute approximate surface area is 102 Å². The van der Waals surface area contributed by atoms with E-state index in [1.54, 1.807) is 0 Å². The van der Waals surface area contributed by atoms with Crippen LogP contribution in [0.25, 0.3) is 0 Å². The third kappa shape index (κ3) is 3.29. The fraction of sp³-hybridized carbons (Fsp3) is 0.667. The molecule has 1 aliphatic rings. The summed E-state index contributed by atoms with van der Waals surface area (Å²) in [5, 5.41) is 2.15. The smallest absolute Gasteiger partial charge is 0.123 e. The molecule has 0 saturated carbocycles. The largest absolute Gasteiger partial charge is 0.464 e. The second kappa shape index (κ2) is 6.16.